The van der Waals surface area contributed by atoms with Crippen LogP contribution in [-0.4, -0.2) is 59.9 Å². The number of amides is 2. The van der Waals surface area contributed by atoms with Gasteiger partial charge in [0.15, 0.2) is 0 Å². The van der Waals surface area contributed by atoms with E-state index in [0.717, 1.165) is 19.4 Å². The third-order valence-electron chi connectivity index (χ3n) is 4.69. The Morgan fingerprint density at radius 3 is 2.38 bits per heavy atom. The monoisotopic (exact) mass is 297 g/mol. The minimum Gasteiger partial charge on any atom is -0.340 e. The third kappa shape index (κ3) is 4.43. The van der Waals surface area contributed by atoms with Crippen LogP contribution in [0.4, 0.5) is 0 Å². The van der Waals surface area contributed by atoms with E-state index in [-0.39, 0.29) is 18.4 Å². The molecule has 1 aliphatic heterocycles. The average molecular weight is 297 g/mol. The maximum atomic E-state index is 12.6. The largest absolute Gasteiger partial charge is 0.340 e. The molecule has 0 radical (unpaired) electrons. The zero-order chi connectivity index (χ0) is 16.0. The number of hydrogen-bond acceptors (Lipinski definition) is 3. The number of nitrogens with one attached hydrogen (secondary N) is 1. The molecule has 1 saturated heterocycles. The molecule has 1 fully saturated rings. The lowest BCUT2D eigenvalue weighted by Crippen LogP contribution is -2.66. The highest BCUT2D eigenvalue weighted by Gasteiger charge is 2.43. The highest BCUT2D eigenvalue weighted by Crippen LogP contribution is 2.22. The van der Waals surface area contributed by atoms with Crippen LogP contribution in [0, 0.1) is 0 Å². The Morgan fingerprint density at radius 2 is 1.86 bits per heavy atom. The number of carbonyl (C=O) groups is 2. The standard InChI is InChI=1S/C16H31N3O2/c1-6-16(7-2)15(21)19(12-14(20)17-16)11-9-8-10-18(5)13(3)4/h13H,6-12H2,1-5H3,(H,17,20). The van der Waals surface area contributed by atoms with Crippen molar-refractivity contribution < 1.29 is 9.59 Å². The topological polar surface area (TPSA) is 52.7 Å². The normalized spacial score (nSPS) is 18.5. The van der Waals surface area contributed by atoms with Crippen LogP contribution in [0.1, 0.15) is 53.4 Å². The Labute approximate surface area is 129 Å². The summed E-state index contributed by atoms with van der Waals surface area (Å²) in [6, 6.07) is 0.542. The summed E-state index contributed by atoms with van der Waals surface area (Å²) in [7, 11) is 2.11. The molecule has 0 saturated carbocycles. The smallest absolute Gasteiger partial charge is 0.248 e. The number of hydrogen-bond donors (Lipinski definition) is 1. The van der Waals surface area contributed by atoms with Gasteiger partial charge >= 0.3 is 0 Å². The molecule has 0 unspecified atom stereocenters. The van der Waals surface area contributed by atoms with Gasteiger partial charge in [-0.05, 0) is 53.1 Å². The van der Waals surface area contributed by atoms with Crippen LogP contribution in [0.2, 0.25) is 0 Å². The fourth-order valence-electron chi connectivity index (χ4n) is 2.74. The van der Waals surface area contributed by atoms with Crippen LogP contribution in [0.25, 0.3) is 0 Å². The van der Waals surface area contributed by atoms with E-state index in [1.807, 2.05) is 13.8 Å². The van der Waals surface area contributed by atoms with Crippen molar-refractivity contribution in [1.29, 1.82) is 0 Å². The Hall–Kier alpha value is -1.10. The summed E-state index contributed by atoms with van der Waals surface area (Å²) in [5, 5.41) is 2.89. The van der Waals surface area contributed by atoms with E-state index in [1.165, 1.54) is 0 Å². The van der Waals surface area contributed by atoms with Crippen LogP contribution in [0.5, 0.6) is 0 Å². The summed E-state index contributed by atoms with van der Waals surface area (Å²) in [6.07, 6.45) is 3.30. The number of rotatable bonds is 8. The predicted molar refractivity (Wildman–Crippen MR) is 85.0 cm³/mol. The molecule has 5 nitrogen and oxygen atoms in total. The van der Waals surface area contributed by atoms with Gasteiger partial charge in [0.25, 0.3) is 0 Å². The molecule has 0 bridgehead atoms. The molecule has 1 rings (SSSR count). The van der Waals surface area contributed by atoms with Gasteiger partial charge < -0.3 is 15.1 Å². The molecule has 0 spiro atoms. The molecule has 1 aliphatic rings. The lowest BCUT2D eigenvalue weighted by Gasteiger charge is -2.41. The van der Waals surface area contributed by atoms with Gasteiger partial charge in [0, 0.05) is 12.6 Å². The molecule has 1 heterocycles. The molecular weight excluding hydrogens is 266 g/mol. The van der Waals surface area contributed by atoms with Crippen molar-refractivity contribution in [3.8, 4) is 0 Å². The first-order valence-corrected chi connectivity index (χ1v) is 8.17. The first-order chi connectivity index (χ1) is 9.86. The van der Waals surface area contributed by atoms with Crippen LogP contribution >= 0.6 is 0 Å². The van der Waals surface area contributed by atoms with E-state index >= 15 is 0 Å². The average Bonchev–Trinajstić information content (AvgIpc) is 2.46. The molecule has 0 atom stereocenters. The van der Waals surface area contributed by atoms with Gasteiger partial charge in [-0.1, -0.05) is 13.8 Å². The van der Waals surface area contributed by atoms with Crippen molar-refractivity contribution in [2.45, 2.75) is 65.0 Å². The zero-order valence-electron chi connectivity index (χ0n) is 14.2. The van der Waals surface area contributed by atoms with Crippen LogP contribution in [0.3, 0.4) is 0 Å². The maximum Gasteiger partial charge on any atom is 0.248 e. The Bertz CT molecular complexity index is 365. The summed E-state index contributed by atoms with van der Waals surface area (Å²) in [4.78, 5) is 28.5. The maximum absolute atomic E-state index is 12.6. The lowest BCUT2D eigenvalue weighted by atomic mass is 9.89. The van der Waals surface area contributed by atoms with Crippen molar-refractivity contribution in [3.05, 3.63) is 0 Å². The highest BCUT2D eigenvalue weighted by atomic mass is 16.2. The van der Waals surface area contributed by atoms with Gasteiger partial charge in [-0.25, -0.2) is 0 Å². The summed E-state index contributed by atoms with van der Waals surface area (Å²) >= 11 is 0. The van der Waals surface area contributed by atoms with Crippen LogP contribution < -0.4 is 5.32 Å². The molecule has 5 heteroatoms. The van der Waals surface area contributed by atoms with E-state index in [9.17, 15) is 9.59 Å². The first kappa shape index (κ1) is 18.0. The summed E-state index contributed by atoms with van der Waals surface area (Å²) in [5.74, 6) is 0.0573. The quantitative estimate of drug-likeness (QED) is 0.693. The van der Waals surface area contributed by atoms with Gasteiger partial charge in [-0.3, -0.25) is 9.59 Å². The second-order valence-electron chi connectivity index (χ2n) is 6.35. The van der Waals surface area contributed by atoms with Gasteiger partial charge in [-0.2, -0.15) is 0 Å². The van der Waals surface area contributed by atoms with Gasteiger partial charge in [0.1, 0.15) is 5.54 Å². The molecular formula is C16H31N3O2. The van der Waals surface area contributed by atoms with Crippen LogP contribution in [0.15, 0.2) is 0 Å². The van der Waals surface area contributed by atoms with Crippen molar-refractivity contribution in [2.75, 3.05) is 26.7 Å². The number of unbranched alkanes of at least 4 members (excludes halogenated alkanes) is 1. The zero-order valence-corrected chi connectivity index (χ0v) is 14.2. The molecule has 0 aromatic heterocycles. The predicted octanol–water partition coefficient (Wildman–Crippen LogP) is 1.62. The van der Waals surface area contributed by atoms with E-state index in [4.69, 9.17) is 0 Å². The number of nitrogens with zero attached hydrogens (tertiary/aromatic N) is 2. The van der Waals surface area contributed by atoms with Gasteiger partial charge in [0.2, 0.25) is 11.8 Å². The second kappa shape index (κ2) is 7.78. The fraction of sp³-hybridized carbons (Fsp3) is 0.875. The van der Waals surface area contributed by atoms with E-state index in [0.29, 0.717) is 25.4 Å². The molecule has 21 heavy (non-hydrogen) atoms. The molecule has 0 aliphatic carbocycles. The Kier molecular flexibility index (Phi) is 6.65. The minimum absolute atomic E-state index is 0.0300. The fourth-order valence-corrected chi connectivity index (χ4v) is 2.74. The van der Waals surface area contributed by atoms with Gasteiger partial charge in [0.05, 0.1) is 6.54 Å². The molecule has 2 amide bonds. The Balaban J connectivity index is 2.50. The van der Waals surface area contributed by atoms with Crippen LogP contribution in [-0.2, 0) is 9.59 Å². The van der Waals surface area contributed by atoms with Crippen molar-refractivity contribution in [3.63, 3.8) is 0 Å². The number of carbonyl (C=O) groups excluding carboxylic acids is 2. The summed E-state index contributed by atoms with van der Waals surface area (Å²) in [5.41, 5.74) is -0.677. The Morgan fingerprint density at radius 1 is 1.24 bits per heavy atom. The molecule has 1 N–H and O–H groups in total. The molecule has 122 valence electrons. The van der Waals surface area contributed by atoms with Crippen molar-refractivity contribution >= 4 is 11.8 Å². The van der Waals surface area contributed by atoms with E-state index < -0.39 is 5.54 Å². The number of piperazine rings is 1. The summed E-state index contributed by atoms with van der Waals surface area (Å²) in [6.45, 7) is 10.2. The van der Waals surface area contributed by atoms with Crippen molar-refractivity contribution in [2.24, 2.45) is 0 Å². The SMILES string of the molecule is CCC1(CC)NC(=O)CN(CCCCN(C)C(C)C)C1=O. The lowest BCUT2D eigenvalue weighted by molar-refractivity contribution is -0.150. The van der Waals surface area contributed by atoms with E-state index in [1.54, 1.807) is 4.90 Å². The van der Waals surface area contributed by atoms with Crippen molar-refractivity contribution in [1.82, 2.24) is 15.1 Å². The second-order valence-corrected chi connectivity index (χ2v) is 6.35. The molecule has 0 aromatic carbocycles. The third-order valence-corrected chi connectivity index (χ3v) is 4.69. The summed E-state index contributed by atoms with van der Waals surface area (Å²) < 4.78 is 0. The van der Waals surface area contributed by atoms with E-state index in [2.05, 4.69) is 31.1 Å². The highest BCUT2D eigenvalue weighted by molar-refractivity contribution is 5.97. The molecule has 0 aromatic rings. The first-order valence-electron chi connectivity index (χ1n) is 8.17. The van der Waals surface area contributed by atoms with Gasteiger partial charge in [-0.15, -0.1) is 0 Å². The minimum atomic E-state index is -0.677.